The Morgan fingerprint density at radius 2 is 1.80 bits per heavy atom. The maximum atomic E-state index is 12.1. The predicted molar refractivity (Wildman–Crippen MR) is 80.2 cm³/mol. The smallest absolute Gasteiger partial charge is 0.253 e. The maximum Gasteiger partial charge on any atom is 0.253 e. The molecule has 1 aromatic carbocycles. The van der Waals surface area contributed by atoms with Gasteiger partial charge in [0.05, 0.1) is 0 Å². The summed E-state index contributed by atoms with van der Waals surface area (Å²) in [7, 11) is 0. The van der Waals surface area contributed by atoms with E-state index in [9.17, 15) is 9.59 Å². The van der Waals surface area contributed by atoms with E-state index >= 15 is 0 Å². The van der Waals surface area contributed by atoms with Gasteiger partial charge in [0.1, 0.15) is 0 Å². The first-order valence-corrected chi connectivity index (χ1v) is 7.49. The van der Waals surface area contributed by atoms with E-state index in [2.05, 4.69) is 5.32 Å². The maximum absolute atomic E-state index is 12.1. The number of hydrogen-bond donors (Lipinski definition) is 1. The number of alkyl halides is 1. The van der Waals surface area contributed by atoms with Gasteiger partial charge in [-0.1, -0.05) is 0 Å². The molecular weight excluding hydrogens is 276 g/mol. The molecule has 0 radical (unpaired) electrons. The van der Waals surface area contributed by atoms with Crippen LogP contribution in [0.2, 0.25) is 0 Å². The van der Waals surface area contributed by atoms with Crippen LogP contribution in [0, 0.1) is 0 Å². The zero-order valence-electron chi connectivity index (χ0n) is 11.4. The van der Waals surface area contributed by atoms with Crippen molar-refractivity contribution in [1.82, 2.24) is 4.90 Å². The fraction of sp³-hybridized carbons (Fsp3) is 0.467. The zero-order valence-corrected chi connectivity index (χ0v) is 12.2. The molecule has 1 aliphatic rings. The van der Waals surface area contributed by atoms with Crippen LogP contribution >= 0.6 is 11.6 Å². The third-order valence-corrected chi connectivity index (χ3v) is 3.61. The average Bonchev–Trinajstić information content (AvgIpc) is 2.99. The molecule has 1 fully saturated rings. The number of amides is 2. The van der Waals surface area contributed by atoms with Gasteiger partial charge >= 0.3 is 0 Å². The summed E-state index contributed by atoms with van der Waals surface area (Å²) < 4.78 is 0. The number of likely N-dealkylation sites (tertiary alicyclic amines) is 1. The number of nitrogens with one attached hydrogen (secondary N) is 1. The van der Waals surface area contributed by atoms with Gasteiger partial charge in [-0.2, -0.15) is 0 Å². The van der Waals surface area contributed by atoms with Gasteiger partial charge in [-0.25, -0.2) is 0 Å². The first kappa shape index (κ1) is 14.9. The van der Waals surface area contributed by atoms with Crippen LogP contribution in [0.25, 0.3) is 0 Å². The fourth-order valence-electron chi connectivity index (χ4n) is 2.25. The largest absolute Gasteiger partial charge is 0.339 e. The second-order valence-corrected chi connectivity index (χ2v) is 5.30. The molecule has 2 rings (SSSR count). The standard InChI is InChI=1S/C15H19ClN2O2/c16-9-3-4-14(19)17-13-7-5-12(6-8-13)15(20)18-10-1-2-11-18/h5-8H,1-4,9-11H2,(H,17,19). The van der Waals surface area contributed by atoms with Crippen LogP contribution in [0.5, 0.6) is 0 Å². The van der Waals surface area contributed by atoms with Crippen molar-refractivity contribution >= 4 is 29.1 Å². The van der Waals surface area contributed by atoms with Crippen molar-refractivity contribution in [2.45, 2.75) is 25.7 Å². The Hall–Kier alpha value is -1.55. The van der Waals surface area contributed by atoms with Crippen molar-refractivity contribution in [3.05, 3.63) is 29.8 Å². The Kier molecular flexibility index (Phi) is 5.41. The summed E-state index contributed by atoms with van der Waals surface area (Å²) in [6.45, 7) is 1.69. The van der Waals surface area contributed by atoms with Crippen LogP contribution in [0.1, 0.15) is 36.0 Å². The summed E-state index contributed by atoms with van der Waals surface area (Å²) >= 11 is 5.54. The molecular formula is C15H19ClN2O2. The van der Waals surface area contributed by atoms with E-state index in [1.54, 1.807) is 24.3 Å². The second-order valence-electron chi connectivity index (χ2n) is 4.92. The molecule has 20 heavy (non-hydrogen) atoms. The number of halogens is 1. The van der Waals surface area contributed by atoms with Crippen molar-refractivity contribution < 1.29 is 9.59 Å². The van der Waals surface area contributed by atoms with Crippen molar-refractivity contribution in [2.75, 3.05) is 24.3 Å². The molecule has 0 spiro atoms. The minimum atomic E-state index is -0.0516. The Labute approximate surface area is 124 Å². The average molecular weight is 295 g/mol. The van der Waals surface area contributed by atoms with E-state index < -0.39 is 0 Å². The van der Waals surface area contributed by atoms with Crippen LogP contribution in [-0.4, -0.2) is 35.7 Å². The van der Waals surface area contributed by atoms with E-state index in [4.69, 9.17) is 11.6 Å². The van der Waals surface area contributed by atoms with E-state index in [0.29, 0.717) is 30.0 Å². The lowest BCUT2D eigenvalue weighted by Crippen LogP contribution is -2.27. The molecule has 0 bridgehead atoms. The Morgan fingerprint density at radius 3 is 2.40 bits per heavy atom. The highest BCUT2D eigenvalue weighted by atomic mass is 35.5. The number of rotatable bonds is 5. The summed E-state index contributed by atoms with van der Waals surface area (Å²) in [6.07, 6.45) is 3.25. The third kappa shape index (κ3) is 3.97. The lowest BCUT2D eigenvalue weighted by molar-refractivity contribution is -0.116. The highest BCUT2D eigenvalue weighted by Gasteiger charge is 2.19. The number of carbonyl (C=O) groups is 2. The molecule has 1 N–H and O–H groups in total. The minimum Gasteiger partial charge on any atom is -0.339 e. The molecule has 5 heteroatoms. The molecule has 0 aliphatic carbocycles. The molecule has 1 aromatic rings. The minimum absolute atomic E-state index is 0.0516. The summed E-state index contributed by atoms with van der Waals surface area (Å²) in [5, 5.41) is 2.79. The van der Waals surface area contributed by atoms with Gasteiger partial charge in [-0.05, 0) is 43.5 Å². The predicted octanol–water partition coefficient (Wildman–Crippen LogP) is 2.88. The molecule has 0 unspecified atom stereocenters. The zero-order chi connectivity index (χ0) is 14.4. The van der Waals surface area contributed by atoms with Gasteiger partial charge in [0.25, 0.3) is 5.91 Å². The van der Waals surface area contributed by atoms with Crippen LogP contribution in [-0.2, 0) is 4.79 Å². The number of hydrogen-bond acceptors (Lipinski definition) is 2. The molecule has 108 valence electrons. The van der Waals surface area contributed by atoms with Crippen LogP contribution in [0.4, 0.5) is 5.69 Å². The fourth-order valence-corrected chi connectivity index (χ4v) is 2.38. The van der Waals surface area contributed by atoms with Crippen molar-refractivity contribution in [3.8, 4) is 0 Å². The lowest BCUT2D eigenvalue weighted by Gasteiger charge is -2.15. The normalized spacial score (nSPS) is 14.3. The number of anilines is 1. The quantitative estimate of drug-likeness (QED) is 0.849. The van der Waals surface area contributed by atoms with Crippen LogP contribution in [0.15, 0.2) is 24.3 Å². The SMILES string of the molecule is O=C(CCCCl)Nc1ccc(C(=O)N2CCCC2)cc1. The van der Waals surface area contributed by atoms with E-state index in [0.717, 1.165) is 25.9 Å². The van der Waals surface area contributed by atoms with Gasteiger partial charge in [-0.15, -0.1) is 11.6 Å². The van der Waals surface area contributed by atoms with E-state index in [1.165, 1.54) is 0 Å². The van der Waals surface area contributed by atoms with Gasteiger partial charge in [-0.3, -0.25) is 9.59 Å². The first-order valence-electron chi connectivity index (χ1n) is 6.96. The molecule has 1 heterocycles. The van der Waals surface area contributed by atoms with Gasteiger partial charge in [0.2, 0.25) is 5.91 Å². The number of carbonyl (C=O) groups excluding carboxylic acids is 2. The number of benzene rings is 1. The van der Waals surface area contributed by atoms with Crippen molar-refractivity contribution in [1.29, 1.82) is 0 Å². The lowest BCUT2D eigenvalue weighted by atomic mass is 10.2. The van der Waals surface area contributed by atoms with Gasteiger partial charge in [0, 0.05) is 36.6 Å². The van der Waals surface area contributed by atoms with E-state index in [1.807, 2.05) is 4.90 Å². The summed E-state index contributed by atoms with van der Waals surface area (Å²) in [5.41, 5.74) is 1.38. The number of nitrogens with zero attached hydrogens (tertiary/aromatic N) is 1. The van der Waals surface area contributed by atoms with Crippen molar-refractivity contribution in [2.24, 2.45) is 0 Å². The topological polar surface area (TPSA) is 49.4 Å². The molecule has 4 nitrogen and oxygen atoms in total. The second kappa shape index (κ2) is 7.29. The summed E-state index contributed by atoms with van der Waals surface area (Å²) in [5.74, 6) is 0.503. The summed E-state index contributed by atoms with van der Waals surface area (Å²) in [6, 6.07) is 7.05. The molecule has 1 saturated heterocycles. The molecule has 2 amide bonds. The highest BCUT2D eigenvalue weighted by molar-refractivity contribution is 6.18. The first-order chi connectivity index (χ1) is 9.70. The molecule has 1 aliphatic heterocycles. The molecule has 0 aromatic heterocycles. The Morgan fingerprint density at radius 1 is 1.15 bits per heavy atom. The highest BCUT2D eigenvalue weighted by Crippen LogP contribution is 2.15. The van der Waals surface area contributed by atoms with Gasteiger partial charge < -0.3 is 10.2 Å². The molecule has 0 saturated carbocycles. The van der Waals surface area contributed by atoms with Crippen molar-refractivity contribution in [3.63, 3.8) is 0 Å². The third-order valence-electron chi connectivity index (χ3n) is 3.35. The monoisotopic (exact) mass is 294 g/mol. The van der Waals surface area contributed by atoms with Crippen LogP contribution in [0.3, 0.4) is 0 Å². The molecule has 0 atom stereocenters. The Bertz CT molecular complexity index is 467. The Balaban J connectivity index is 1.92. The summed E-state index contributed by atoms with van der Waals surface area (Å²) in [4.78, 5) is 25.6. The van der Waals surface area contributed by atoms with Crippen LogP contribution < -0.4 is 5.32 Å². The van der Waals surface area contributed by atoms with E-state index in [-0.39, 0.29) is 11.8 Å². The van der Waals surface area contributed by atoms with Gasteiger partial charge in [0.15, 0.2) is 0 Å².